The molecule has 7 heterocycles. The summed E-state index contributed by atoms with van der Waals surface area (Å²) in [7, 11) is 6.13. The number of allylic oxidation sites excluding steroid dienone is 5. The van der Waals surface area contributed by atoms with Gasteiger partial charge >= 0.3 is 23.9 Å². The molecule has 2 bridgehead atoms. The molecule has 0 spiro atoms. The number of benzene rings is 2. The summed E-state index contributed by atoms with van der Waals surface area (Å²) in [5.74, 6) is -8.31. The van der Waals surface area contributed by atoms with Crippen molar-refractivity contribution in [3.63, 3.8) is 0 Å². The van der Waals surface area contributed by atoms with E-state index < -0.39 is 131 Å². The van der Waals surface area contributed by atoms with Gasteiger partial charge in [-0.1, -0.05) is 70.2 Å². The van der Waals surface area contributed by atoms with E-state index in [0.717, 1.165) is 27.7 Å². The number of nitrogens with zero attached hydrogens (tertiary/aromatic N) is 7. The second kappa shape index (κ2) is 53.1. The molecule has 2 aromatic carbocycles. The van der Waals surface area contributed by atoms with Crippen LogP contribution in [0.5, 0.6) is 5.88 Å². The number of nitrogens with two attached hydrogens (primary N) is 1. The van der Waals surface area contributed by atoms with Crippen LogP contribution in [0.4, 0.5) is 23.7 Å². The number of carbonyl (C=O) groups is 6. The number of hydrogen-bond donors (Lipinski definition) is 6. The Bertz CT molecular complexity index is 4790. The van der Waals surface area contributed by atoms with Gasteiger partial charge in [-0.2, -0.15) is 13.2 Å². The minimum absolute atomic E-state index is 0.00717. The molecule has 1 saturated carbocycles. The van der Waals surface area contributed by atoms with Gasteiger partial charge in [-0.05, 0) is 143 Å². The number of methoxy groups -OCH3 is 3. The highest BCUT2D eigenvalue weighted by atomic mass is 19.4. The van der Waals surface area contributed by atoms with Gasteiger partial charge in [0.25, 0.3) is 11.7 Å². The van der Waals surface area contributed by atoms with Gasteiger partial charge in [0, 0.05) is 126 Å². The summed E-state index contributed by atoms with van der Waals surface area (Å²) in [6.07, 6.45) is 4.55. The molecule has 0 radical (unpaired) electrons. The first-order chi connectivity index (χ1) is 64.3. The lowest BCUT2D eigenvalue weighted by molar-refractivity contribution is -0.265. The molecule has 4 aliphatic heterocycles. The number of imidazole rings is 1. The van der Waals surface area contributed by atoms with Crippen molar-refractivity contribution in [2.45, 2.75) is 198 Å². The van der Waals surface area contributed by atoms with Gasteiger partial charge in [0.2, 0.25) is 17.6 Å². The van der Waals surface area contributed by atoms with E-state index in [2.05, 4.69) is 15.3 Å². The lowest BCUT2D eigenvalue weighted by Crippen LogP contribution is -2.61. The molecule has 1 aliphatic carbocycles. The number of esters is 1. The van der Waals surface area contributed by atoms with Crippen LogP contribution in [0.2, 0.25) is 0 Å². The lowest BCUT2D eigenvalue weighted by Gasteiger charge is -2.42. The average Bonchev–Trinajstić information content (AvgIpc) is 1.57. The zero-order valence-corrected chi connectivity index (χ0v) is 78.9. The van der Waals surface area contributed by atoms with Crippen molar-refractivity contribution >= 4 is 63.1 Å². The number of alkyl halides is 3. The van der Waals surface area contributed by atoms with E-state index in [1.165, 1.54) is 41.7 Å². The van der Waals surface area contributed by atoms with Crippen molar-refractivity contribution in [2.75, 3.05) is 171 Å². The topological polar surface area (TPSA) is 413 Å². The highest BCUT2D eigenvalue weighted by Gasteiger charge is 2.54. The van der Waals surface area contributed by atoms with Crippen LogP contribution in [0.1, 0.15) is 131 Å². The Balaban J connectivity index is 0.551. The number of piperazine rings is 1. The predicted octanol–water partition coefficient (Wildman–Crippen LogP) is 8.90. The van der Waals surface area contributed by atoms with E-state index in [1.807, 2.05) is 62.4 Å². The van der Waals surface area contributed by atoms with Gasteiger partial charge in [-0.15, -0.1) is 0 Å². The van der Waals surface area contributed by atoms with E-state index in [9.17, 15) is 54.0 Å². The Kier molecular flexibility index (Phi) is 42.4. The van der Waals surface area contributed by atoms with Gasteiger partial charge in [0.1, 0.15) is 30.5 Å². The molecule has 34 nitrogen and oxygen atoms in total. The number of pyridine rings is 2. The maximum absolute atomic E-state index is 15.0. The molecule has 7 N–H and O–H groups in total. The number of ketones is 2. The predicted molar refractivity (Wildman–Crippen MR) is 491 cm³/mol. The Labute approximate surface area is 781 Å². The summed E-state index contributed by atoms with van der Waals surface area (Å²) in [5.41, 5.74) is 9.58. The quantitative estimate of drug-likeness (QED) is 0.00934. The molecule has 16 atom stereocenters. The van der Waals surface area contributed by atoms with Crippen LogP contribution in [0, 0.1) is 29.6 Å². The van der Waals surface area contributed by atoms with Crippen LogP contribution in [-0.2, 0) is 98.8 Å². The molecule has 5 aliphatic rings. The molecule has 742 valence electrons. The number of ether oxygens (including phenoxy) is 14. The maximum Gasteiger partial charge on any atom is 0.418 e. The second-order valence-electron chi connectivity index (χ2n) is 35.3. The number of piperidine rings is 1. The van der Waals surface area contributed by atoms with Crippen LogP contribution >= 0.6 is 0 Å². The van der Waals surface area contributed by atoms with Gasteiger partial charge < -0.3 is 112 Å². The number of amides is 3. The van der Waals surface area contributed by atoms with Crippen LogP contribution in [0.25, 0.3) is 38.8 Å². The zero-order valence-electron chi connectivity index (χ0n) is 78.9. The molecule has 4 fully saturated rings. The number of alkyl carbamates (subject to hydrolysis) is 1. The number of nitrogens with one attached hydrogen (secondary N) is 1. The monoisotopic (exact) mass is 1890 g/mol. The normalized spacial score (nSPS) is 27.0. The van der Waals surface area contributed by atoms with Crippen molar-refractivity contribution in [1.82, 2.24) is 34.2 Å². The molecule has 10 rings (SSSR count). The molecule has 5 aromatic rings. The number of aromatic nitrogens is 4. The molecule has 3 amide bonds. The highest BCUT2D eigenvalue weighted by molar-refractivity contribution is 6.39. The Morgan fingerprint density at radius 1 is 0.664 bits per heavy atom. The SMILES string of the molecule is COc1ccc(-c2ccc3ncc4c(c3c2)n(-c2ccc(N3CCN(C(=O)CCOCCOCCOCCOCCOCCOCCOCCOCCNC(=O)O[C@@H]5CC[C@@H](C[C@@H](N)[C@@H]6C[C@@H](O)[C@H](C)/C=C(\C)[C@@H](O)[C@@H](O)C(=O)[C@H](C)C[C@H](C)/C=C/C=C/C=C(\C)[C@@H](OC)C[C@@H]7CC[C@@H](C)[C@@](O)(O7)C(=O)C(=O)N7CCCC[C@H]7C(=O)O6)C[C@H]5OC)CC3)c(C(F)(F)F)c2)c(=O)n4C)cn1. The number of hydrogen-bond acceptors (Lipinski definition) is 29. The molecular weight excluding hydrogens is 1750 g/mol. The first-order valence-corrected chi connectivity index (χ1v) is 46.7. The van der Waals surface area contributed by atoms with Crippen LogP contribution in [-0.4, -0.2) is 318 Å². The van der Waals surface area contributed by atoms with Crippen LogP contribution in [0.15, 0.2) is 113 Å². The molecule has 3 saturated heterocycles. The third kappa shape index (κ3) is 30.3. The number of aliphatic hydroxyl groups excluding tert-OH is 3. The largest absolute Gasteiger partial charge is 0.481 e. The van der Waals surface area contributed by atoms with Crippen molar-refractivity contribution in [3.05, 3.63) is 125 Å². The lowest BCUT2D eigenvalue weighted by atomic mass is 9.80. The van der Waals surface area contributed by atoms with Crippen molar-refractivity contribution in [3.8, 4) is 22.7 Å². The van der Waals surface area contributed by atoms with Gasteiger partial charge in [0.15, 0.2) is 5.78 Å². The van der Waals surface area contributed by atoms with Crippen LogP contribution < -0.4 is 26.4 Å². The minimum atomic E-state index is -4.77. The van der Waals surface area contributed by atoms with Crippen LogP contribution in [0.3, 0.4) is 0 Å². The number of cyclic esters (lactones) is 1. The molecule has 3 aromatic heterocycles. The fourth-order valence-corrected chi connectivity index (χ4v) is 17.7. The minimum Gasteiger partial charge on any atom is -0.481 e. The van der Waals surface area contributed by atoms with E-state index in [1.54, 1.807) is 76.1 Å². The Morgan fingerprint density at radius 3 is 1.93 bits per heavy atom. The molecule has 0 unspecified atom stereocenters. The van der Waals surface area contributed by atoms with Crippen molar-refractivity contribution < 1.29 is 129 Å². The third-order valence-electron chi connectivity index (χ3n) is 25.7. The van der Waals surface area contributed by atoms with E-state index >= 15 is 13.2 Å². The Hall–Kier alpha value is -9.00. The summed E-state index contributed by atoms with van der Waals surface area (Å²) in [6.45, 7) is 16.2. The van der Waals surface area contributed by atoms with E-state index in [4.69, 9.17) is 72.0 Å². The summed E-state index contributed by atoms with van der Waals surface area (Å²) in [5, 5.41) is 49.9. The van der Waals surface area contributed by atoms with Gasteiger partial charge in [-0.25, -0.2) is 19.4 Å². The van der Waals surface area contributed by atoms with Crippen molar-refractivity contribution in [2.24, 2.45) is 42.4 Å². The maximum atomic E-state index is 15.0. The summed E-state index contributed by atoms with van der Waals surface area (Å²) in [4.78, 5) is 111. The second-order valence-corrected chi connectivity index (χ2v) is 35.3. The smallest absolute Gasteiger partial charge is 0.418 e. The fraction of sp³-hybridized carbons (Fsp3) is 0.639. The number of aryl methyl sites for hydroxylation is 1. The molecule has 37 heteroatoms. The number of aliphatic hydroxyl groups is 4. The number of fused-ring (bicyclic) bond motifs is 6. The summed E-state index contributed by atoms with van der Waals surface area (Å²) < 4.78 is 128. The molecule has 134 heavy (non-hydrogen) atoms. The Morgan fingerprint density at radius 2 is 1.31 bits per heavy atom. The van der Waals surface area contributed by atoms with E-state index in [0.29, 0.717) is 152 Å². The first kappa shape index (κ1) is 107. The third-order valence-corrected chi connectivity index (χ3v) is 25.7. The number of halogens is 3. The van der Waals surface area contributed by atoms with E-state index in [-0.39, 0.29) is 139 Å². The number of rotatable bonds is 37. The average molecular weight is 1890 g/mol. The summed E-state index contributed by atoms with van der Waals surface area (Å²) in [6, 6.07) is 10.8. The molecular formula is C97H138F3N9O25. The first-order valence-electron chi connectivity index (χ1n) is 46.7. The van der Waals surface area contributed by atoms with Gasteiger partial charge in [-0.3, -0.25) is 33.3 Å². The highest BCUT2D eigenvalue weighted by Crippen LogP contribution is 2.42. The fourth-order valence-electron chi connectivity index (χ4n) is 17.7. The van der Waals surface area contributed by atoms with Gasteiger partial charge in [0.05, 0.1) is 178 Å². The standard InChI is InChI=1S/C97H138F3N9O25/c1-62-16-12-11-13-17-63(2)82(121-8)58-72-24-19-67(6)96(120,134-72)91(115)92(116)108-31-15-14-18-78(108)93(117)132-83(59-80(110)64(3)53-66(5)89(113)90(114)88(112)65(4)52-62)75(101)54-68-20-27-81(84(55-68)122-9)133-94(118)102-30-37-125-39-41-127-43-45-129-47-49-131-51-50-130-48-46-128-44-42-126-40-38-124-36-29-86(111)107-34-32-106(33-35-107)77-26-23-71(57-74(77)97(98,99)100)109-87-73-56-69(70-22-28-85(123-10)104-60-70)21-25-76(73)103-61-79(87)105(7)95(109)119/h11-13,16-17,21-23,25-26,28,53,56-57,60-62,64-65,67-68,72,75,78,80-84,89-90,110,113-114,120H,14-15,18-20,24,27,29-52,54-55,58-59,101H2,1-10H3,(H,102,118)/b13-11+,16-12+,63-17+,66-53+/t62-,64-,65-,67-,68+,72+,75-,78+,80-,81-,82+,83+,84-,89-,90+,96-/m1/s1. The van der Waals surface area contributed by atoms with Crippen molar-refractivity contribution in [1.29, 1.82) is 0 Å². The number of anilines is 1. The number of Topliss-reactive ketones (excluding diaryl/α,β-unsaturated/α-hetero) is 2. The number of carbonyl (C=O) groups excluding carboxylic acids is 6. The zero-order chi connectivity index (χ0) is 96.6. The summed E-state index contributed by atoms with van der Waals surface area (Å²) >= 11 is 0.